The highest BCUT2D eigenvalue weighted by atomic mass is 32.2. The quantitative estimate of drug-likeness (QED) is 0.738. The number of anilines is 1. The van der Waals surface area contributed by atoms with E-state index < -0.39 is 16.4 Å². The fourth-order valence-corrected chi connectivity index (χ4v) is 9.34. The Balaban J connectivity index is 1.13. The van der Waals surface area contributed by atoms with E-state index in [-0.39, 0.29) is 23.2 Å². The molecule has 7 fully saturated rings. The number of amides is 1. The average Bonchev–Trinajstić information content (AvgIpc) is 3.40. The largest absolute Gasteiger partial charge is 0.390 e. The molecule has 2 saturated heterocycles. The molecule has 0 spiro atoms. The Morgan fingerprint density at radius 1 is 1.19 bits per heavy atom. The second-order valence-corrected chi connectivity index (χ2v) is 12.9. The fourth-order valence-electron chi connectivity index (χ4n) is 7.61. The van der Waals surface area contributed by atoms with Gasteiger partial charge in [-0.15, -0.1) is 0 Å². The van der Waals surface area contributed by atoms with E-state index in [0.717, 1.165) is 63.6 Å². The summed E-state index contributed by atoms with van der Waals surface area (Å²) in [5, 5.41) is 14.4. The SMILES string of the molecule is O=C(NC1C2CC3CC1CC(O)(C3)C2)c1cnc(N2CC3CC2CS3=O)nc1C1CC1. The van der Waals surface area contributed by atoms with Crippen LogP contribution in [0.15, 0.2) is 6.20 Å². The molecule has 0 aromatic carbocycles. The monoisotopic (exact) mass is 442 g/mol. The van der Waals surface area contributed by atoms with Crippen LogP contribution in [0, 0.1) is 17.8 Å². The minimum Gasteiger partial charge on any atom is -0.390 e. The van der Waals surface area contributed by atoms with Crippen molar-refractivity contribution in [1.82, 2.24) is 15.3 Å². The molecular formula is C23H30N4O3S. The maximum Gasteiger partial charge on any atom is 0.254 e. The number of rotatable bonds is 4. The molecule has 2 aliphatic heterocycles. The van der Waals surface area contributed by atoms with Gasteiger partial charge in [0, 0.05) is 47.3 Å². The van der Waals surface area contributed by atoms with Crippen LogP contribution in [0.5, 0.6) is 0 Å². The summed E-state index contributed by atoms with van der Waals surface area (Å²) in [6.07, 6.45) is 9.73. The summed E-state index contributed by atoms with van der Waals surface area (Å²) in [6.45, 7) is 0.766. The first-order valence-corrected chi connectivity index (χ1v) is 13.4. The summed E-state index contributed by atoms with van der Waals surface area (Å²) < 4.78 is 12.0. The number of nitrogens with zero attached hydrogens (tertiary/aromatic N) is 3. The van der Waals surface area contributed by atoms with Crippen LogP contribution < -0.4 is 10.2 Å². The van der Waals surface area contributed by atoms with Gasteiger partial charge >= 0.3 is 0 Å². The molecule has 2 N–H and O–H groups in total. The smallest absolute Gasteiger partial charge is 0.254 e. The third-order valence-electron chi connectivity index (χ3n) is 8.91. The number of aliphatic hydroxyl groups is 1. The van der Waals surface area contributed by atoms with Gasteiger partial charge in [-0.05, 0) is 69.1 Å². The molecule has 31 heavy (non-hydrogen) atoms. The van der Waals surface area contributed by atoms with Crippen LogP contribution in [0.4, 0.5) is 5.95 Å². The van der Waals surface area contributed by atoms with Gasteiger partial charge in [0.2, 0.25) is 5.95 Å². The number of hydrogen-bond acceptors (Lipinski definition) is 6. The summed E-state index contributed by atoms with van der Waals surface area (Å²) in [5.41, 5.74) is 1.04. The highest BCUT2D eigenvalue weighted by molar-refractivity contribution is 7.86. The standard InChI is InChI=1S/C23H30N4O3S/c28-21(25-19-14-3-12-4-15(19)8-23(29,6-12)7-14)18-9-24-22(26-20(18)13-1-2-13)27-10-17-5-16(27)11-31(17)30/h9,12-17,19,29H,1-8,10-11H2,(H,25,28). The van der Waals surface area contributed by atoms with Gasteiger partial charge in [0.1, 0.15) is 0 Å². The van der Waals surface area contributed by atoms with Gasteiger partial charge in [0.25, 0.3) is 5.91 Å². The highest BCUT2D eigenvalue weighted by Crippen LogP contribution is 2.55. The zero-order valence-electron chi connectivity index (χ0n) is 17.7. The minimum atomic E-state index is -0.707. The topological polar surface area (TPSA) is 95.4 Å². The Morgan fingerprint density at radius 3 is 2.58 bits per heavy atom. The Hall–Kier alpha value is -1.54. The molecule has 6 bridgehead atoms. The lowest BCUT2D eigenvalue weighted by atomic mass is 9.52. The maximum atomic E-state index is 13.4. The molecule has 5 aliphatic carbocycles. The van der Waals surface area contributed by atoms with Crippen molar-refractivity contribution in [2.75, 3.05) is 17.2 Å². The maximum absolute atomic E-state index is 13.4. The Morgan fingerprint density at radius 2 is 1.97 bits per heavy atom. The second-order valence-electron chi connectivity index (χ2n) is 11.1. The van der Waals surface area contributed by atoms with Crippen molar-refractivity contribution in [3.63, 3.8) is 0 Å². The van der Waals surface area contributed by atoms with Gasteiger partial charge in [-0.1, -0.05) is 0 Å². The molecule has 5 saturated carbocycles. The predicted molar refractivity (Wildman–Crippen MR) is 116 cm³/mol. The predicted octanol–water partition coefficient (Wildman–Crippen LogP) is 1.73. The van der Waals surface area contributed by atoms with Crippen molar-refractivity contribution in [2.45, 2.75) is 80.2 Å². The fraction of sp³-hybridized carbons (Fsp3) is 0.783. The summed E-state index contributed by atoms with van der Waals surface area (Å²) in [5.74, 6) is 3.16. The molecule has 7 nitrogen and oxygen atoms in total. The molecule has 1 aromatic rings. The van der Waals surface area contributed by atoms with E-state index in [1.165, 1.54) is 0 Å². The van der Waals surface area contributed by atoms with E-state index in [4.69, 9.17) is 4.98 Å². The second kappa shape index (κ2) is 6.50. The Kier molecular flexibility index (Phi) is 3.98. The third-order valence-corrected chi connectivity index (χ3v) is 10.7. The van der Waals surface area contributed by atoms with E-state index >= 15 is 0 Å². The zero-order valence-corrected chi connectivity index (χ0v) is 18.5. The van der Waals surface area contributed by atoms with Gasteiger partial charge in [0.05, 0.1) is 22.1 Å². The van der Waals surface area contributed by atoms with Crippen molar-refractivity contribution in [3.8, 4) is 0 Å². The van der Waals surface area contributed by atoms with E-state index in [1.54, 1.807) is 6.20 Å². The summed E-state index contributed by atoms with van der Waals surface area (Å²) >= 11 is 0. The van der Waals surface area contributed by atoms with Crippen molar-refractivity contribution in [2.24, 2.45) is 17.8 Å². The van der Waals surface area contributed by atoms with E-state index in [2.05, 4.69) is 15.2 Å². The van der Waals surface area contributed by atoms with Crippen molar-refractivity contribution >= 4 is 22.7 Å². The molecular weight excluding hydrogens is 412 g/mol. The van der Waals surface area contributed by atoms with E-state index in [0.29, 0.717) is 40.9 Å². The molecule has 8 rings (SSSR count). The molecule has 8 heteroatoms. The van der Waals surface area contributed by atoms with E-state index in [1.807, 2.05) is 0 Å². The van der Waals surface area contributed by atoms with Gasteiger partial charge < -0.3 is 15.3 Å². The number of hydrogen-bond donors (Lipinski definition) is 2. The van der Waals surface area contributed by atoms with Crippen LogP contribution in [0.1, 0.15) is 73.3 Å². The van der Waals surface area contributed by atoms with Crippen LogP contribution in [-0.2, 0) is 10.8 Å². The van der Waals surface area contributed by atoms with Crippen LogP contribution in [0.2, 0.25) is 0 Å². The summed E-state index contributed by atoms with van der Waals surface area (Å²) in [7, 11) is -0.707. The first kappa shape index (κ1) is 19.0. The van der Waals surface area contributed by atoms with E-state index in [9.17, 15) is 14.1 Å². The van der Waals surface area contributed by atoms with Gasteiger partial charge in [0.15, 0.2) is 0 Å². The molecule has 166 valence electrons. The van der Waals surface area contributed by atoms with Crippen molar-refractivity contribution in [1.29, 1.82) is 0 Å². The van der Waals surface area contributed by atoms with Crippen molar-refractivity contribution in [3.05, 3.63) is 17.5 Å². The van der Waals surface area contributed by atoms with Crippen LogP contribution in [0.25, 0.3) is 0 Å². The van der Waals surface area contributed by atoms with Gasteiger partial charge in [-0.25, -0.2) is 9.97 Å². The van der Waals surface area contributed by atoms with Crippen molar-refractivity contribution < 1.29 is 14.1 Å². The van der Waals surface area contributed by atoms with Gasteiger partial charge in [-0.2, -0.15) is 0 Å². The Labute approximate surface area is 184 Å². The molecule has 1 amide bonds. The third kappa shape index (κ3) is 3.00. The molecule has 5 atom stereocenters. The van der Waals surface area contributed by atoms with Gasteiger partial charge in [-0.3, -0.25) is 9.00 Å². The Bertz CT molecular complexity index is 966. The lowest BCUT2D eigenvalue weighted by Crippen LogP contribution is -2.61. The number of carbonyl (C=O) groups excluding carboxylic acids is 1. The summed E-state index contributed by atoms with van der Waals surface area (Å²) in [4.78, 5) is 25.1. The molecule has 0 radical (unpaired) electrons. The van der Waals surface area contributed by atoms with Crippen LogP contribution in [-0.4, -0.2) is 60.4 Å². The zero-order chi connectivity index (χ0) is 20.9. The first-order chi connectivity index (χ1) is 15.0. The number of fused-ring (bicyclic) bond motifs is 2. The molecule has 1 aromatic heterocycles. The highest BCUT2D eigenvalue weighted by Gasteiger charge is 2.55. The average molecular weight is 443 g/mol. The first-order valence-electron chi connectivity index (χ1n) is 12.0. The number of nitrogens with one attached hydrogen (secondary N) is 1. The summed E-state index contributed by atoms with van der Waals surface area (Å²) in [6, 6.07) is 0.441. The van der Waals surface area contributed by atoms with Crippen LogP contribution in [0.3, 0.4) is 0 Å². The molecule has 3 heterocycles. The lowest BCUT2D eigenvalue weighted by Gasteiger charge is -2.58. The lowest BCUT2D eigenvalue weighted by molar-refractivity contribution is -0.136. The normalized spacial score (nSPS) is 44.8. The number of aromatic nitrogens is 2. The molecule has 7 aliphatic rings. The molecule has 5 unspecified atom stereocenters. The number of carbonyl (C=O) groups is 1. The minimum absolute atomic E-state index is 0.0399. The van der Waals surface area contributed by atoms with Crippen LogP contribution >= 0.6 is 0 Å².